The second kappa shape index (κ2) is 4.74. The van der Waals surface area contributed by atoms with E-state index in [0.29, 0.717) is 11.4 Å². The summed E-state index contributed by atoms with van der Waals surface area (Å²) in [4.78, 5) is 6.20. The zero-order valence-corrected chi connectivity index (χ0v) is 9.80. The number of nitrogens with two attached hydrogens (primary N) is 2. The van der Waals surface area contributed by atoms with E-state index in [9.17, 15) is 0 Å². The van der Waals surface area contributed by atoms with Crippen molar-refractivity contribution in [1.82, 2.24) is 4.98 Å². The first-order valence-corrected chi connectivity index (χ1v) is 5.42. The molecule has 88 valence electrons. The number of hydrogen-bond acceptors (Lipinski definition) is 4. The number of nitrogens with zero attached hydrogens (tertiary/aromatic N) is 2. The zero-order chi connectivity index (χ0) is 12.3. The molecule has 0 aliphatic heterocycles. The molecule has 0 saturated heterocycles. The third-order valence-corrected chi connectivity index (χ3v) is 2.65. The first-order chi connectivity index (χ1) is 8.16. The number of pyridine rings is 1. The monoisotopic (exact) mass is 228 g/mol. The number of anilines is 3. The van der Waals surface area contributed by atoms with Gasteiger partial charge in [-0.05, 0) is 29.8 Å². The van der Waals surface area contributed by atoms with E-state index in [1.165, 1.54) is 0 Å². The summed E-state index contributed by atoms with van der Waals surface area (Å²) in [5.41, 5.74) is 14.9. The molecule has 0 saturated carbocycles. The van der Waals surface area contributed by atoms with Crippen molar-refractivity contribution >= 4 is 17.1 Å². The van der Waals surface area contributed by atoms with Gasteiger partial charge in [-0.1, -0.05) is 6.07 Å². The molecule has 0 amide bonds. The summed E-state index contributed by atoms with van der Waals surface area (Å²) in [6.45, 7) is 0.789. The van der Waals surface area contributed by atoms with E-state index in [4.69, 9.17) is 11.5 Å². The molecule has 0 spiro atoms. The molecule has 0 fully saturated rings. The summed E-state index contributed by atoms with van der Waals surface area (Å²) >= 11 is 0. The highest BCUT2D eigenvalue weighted by molar-refractivity contribution is 5.69. The van der Waals surface area contributed by atoms with Crippen LogP contribution >= 0.6 is 0 Å². The van der Waals surface area contributed by atoms with Crippen molar-refractivity contribution in [3.05, 3.63) is 48.3 Å². The summed E-state index contributed by atoms with van der Waals surface area (Å²) in [6.07, 6.45) is 3.63. The lowest BCUT2D eigenvalue weighted by atomic mass is 10.2. The maximum atomic E-state index is 5.79. The van der Waals surface area contributed by atoms with Crippen LogP contribution in [0.25, 0.3) is 0 Å². The van der Waals surface area contributed by atoms with E-state index in [1.807, 2.05) is 43.6 Å². The van der Waals surface area contributed by atoms with Crippen LogP contribution < -0.4 is 16.4 Å². The predicted molar refractivity (Wildman–Crippen MR) is 71.6 cm³/mol. The maximum Gasteiger partial charge on any atom is 0.0568 e. The van der Waals surface area contributed by atoms with Crippen LogP contribution in [0.4, 0.5) is 17.1 Å². The zero-order valence-electron chi connectivity index (χ0n) is 9.80. The highest BCUT2D eigenvalue weighted by Crippen LogP contribution is 2.23. The number of rotatable bonds is 3. The second-order valence-corrected chi connectivity index (χ2v) is 4.03. The van der Waals surface area contributed by atoms with Crippen molar-refractivity contribution in [1.29, 1.82) is 0 Å². The van der Waals surface area contributed by atoms with Crippen LogP contribution in [-0.4, -0.2) is 12.0 Å². The van der Waals surface area contributed by atoms with Gasteiger partial charge >= 0.3 is 0 Å². The Morgan fingerprint density at radius 3 is 2.65 bits per heavy atom. The van der Waals surface area contributed by atoms with Gasteiger partial charge in [0.05, 0.1) is 11.4 Å². The van der Waals surface area contributed by atoms with Gasteiger partial charge in [0.25, 0.3) is 0 Å². The highest BCUT2D eigenvalue weighted by Gasteiger charge is 2.04. The highest BCUT2D eigenvalue weighted by atomic mass is 15.1. The molecule has 2 aromatic rings. The molecule has 4 heteroatoms. The lowest BCUT2D eigenvalue weighted by Crippen LogP contribution is -2.16. The molecule has 4 nitrogen and oxygen atoms in total. The molecule has 1 aromatic carbocycles. The fourth-order valence-electron chi connectivity index (χ4n) is 1.66. The lowest BCUT2D eigenvalue weighted by molar-refractivity contribution is 0.916. The normalized spacial score (nSPS) is 10.2. The van der Waals surface area contributed by atoms with Gasteiger partial charge in [0, 0.05) is 31.7 Å². The Morgan fingerprint density at radius 2 is 2.00 bits per heavy atom. The van der Waals surface area contributed by atoms with Gasteiger partial charge in [-0.15, -0.1) is 0 Å². The fraction of sp³-hybridized carbons (Fsp3) is 0.154. The molecule has 0 atom stereocenters. The first kappa shape index (κ1) is 11.3. The van der Waals surface area contributed by atoms with E-state index in [0.717, 1.165) is 17.8 Å². The number of benzene rings is 1. The van der Waals surface area contributed by atoms with Gasteiger partial charge < -0.3 is 16.4 Å². The Morgan fingerprint density at radius 1 is 1.18 bits per heavy atom. The van der Waals surface area contributed by atoms with Gasteiger partial charge in [-0.3, -0.25) is 4.98 Å². The summed E-state index contributed by atoms with van der Waals surface area (Å²) in [7, 11) is 2.01. The molecule has 1 heterocycles. The fourth-order valence-corrected chi connectivity index (χ4v) is 1.66. The Hall–Kier alpha value is -2.23. The molecule has 0 radical (unpaired) electrons. The molecular formula is C13H16N4. The van der Waals surface area contributed by atoms with Gasteiger partial charge in [-0.25, -0.2) is 0 Å². The van der Waals surface area contributed by atoms with Crippen LogP contribution in [0.2, 0.25) is 0 Å². The van der Waals surface area contributed by atoms with Crippen LogP contribution in [0, 0.1) is 0 Å². The van der Waals surface area contributed by atoms with Gasteiger partial charge in [0.2, 0.25) is 0 Å². The third kappa shape index (κ3) is 2.66. The molecule has 0 bridgehead atoms. The standard InChI is InChI=1S/C13H16N4/c1-17(9-10-3-2-6-16-8-10)11-4-5-12(14)13(15)7-11/h2-8H,9,14-15H2,1H3. The third-order valence-electron chi connectivity index (χ3n) is 2.65. The molecule has 2 rings (SSSR count). The quantitative estimate of drug-likeness (QED) is 0.787. The van der Waals surface area contributed by atoms with Crippen molar-refractivity contribution < 1.29 is 0 Å². The SMILES string of the molecule is CN(Cc1cccnc1)c1ccc(N)c(N)c1. The van der Waals surface area contributed by atoms with Crippen molar-refractivity contribution in [2.75, 3.05) is 23.4 Å². The van der Waals surface area contributed by atoms with Crippen molar-refractivity contribution in [2.45, 2.75) is 6.54 Å². The van der Waals surface area contributed by atoms with Gasteiger partial charge in [-0.2, -0.15) is 0 Å². The molecule has 0 unspecified atom stereocenters. The van der Waals surface area contributed by atoms with Crippen LogP contribution in [-0.2, 0) is 6.54 Å². The second-order valence-electron chi connectivity index (χ2n) is 4.03. The summed E-state index contributed by atoms with van der Waals surface area (Å²) in [5.74, 6) is 0. The molecule has 0 aliphatic rings. The molecule has 17 heavy (non-hydrogen) atoms. The van der Waals surface area contributed by atoms with E-state index in [-0.39, 0.29) is 0 Å². The van der Waals surface area contributed by atoms with E-state index >= 15 is 0 Å². The van der Waals surface area contributed by atoms with Gasteiger partial charge in [0.15, 0.2) is 0 Å². The number of aromatic nitrogens is 1. The molecule has 1 aromatic heterocycles. The smallest absolute Gasteiger partial charge is 0.0568 e. The van der Waals surface area contributed by atoms with Crippen molar-refractivity contribution in [2.24, 2.45) is 0 Å². The minimum absolute atomic E-state index is 0.612. The van der Waals surface area contributed by atoms with E-state index < -0.39 is 0 Å². The van der Waals surface area contributed by atoms with Crippen molar-refractivity contribution in [3.8, 4) is 0 Å². The summed E-state index contributed by atoms with van der Waals surface area (Å²) in [6, 6.07) is 9.64. The number of nitrogen functional groups attached to an aromatic ring is 2. The van der Waals surface area contributed by atoms with E-state index in [2.05, 4.69) is 9.88 Å². The maximum absolute atomic E-state index is 5.79. The predicted octanol–water partition coefficient (Wildman–Crippen LogP) is 1.88. The van der Waals surface area contributed by atoms with Crippen LogP contribution in [0.3, 0.4) is 0 Å². The summed E-state index contributed by atoms with van der Waals surface area (Å²) < 4.78 is 0. The van der Waals surface area contributed by atoms with Crippen molar-refractivity contribution in [3.63, 3.8) is 0 Å². The minimum atomic E-state index is 0.612. The molecule has 4 N–H and O–H groups in total. The first-order valence-electron chi connectivity index (χ1n) is 5.42. The van der Waals surface area contributed by atoms with Gasteiger partial charge in [0.1, 0.15) is 0 Å². The lowest BCUT2D eigenvalue weighted by Gasteiger charge is -2.20. The Labute approximate surface area is 101 Å². The van der Waals surface area contributed by atoms with E-state index in [1.54, 1.807) is 6.20 Å². The Bertz CT molecular complexity index is 496. The average molecular weight is 228 g/mol. The Balaban J connectivity index is 2.14. The largest absolute Gasteiger partial charge is 0.397 e. The average Bonchev–Trinajstić information content (AvgIpc) is 2.34. The molecule has 0 aliphatic carbocycles. The number of hydrogen-bond donors (Lipinski definition) is 2. The topological polar surface area (TPSA) is 68.2 Å². The van der Waals surface area contributed by atoms with Crippen LogP contribution in [0.1, 0.15) is 5.56 Å². The minimum Gasteiger partial charge on any atom is -0.397 e. The molecular weight excluding hydrogens is 212 g/mol. The van der Waals surface area contributed by atoms with Crippen LogP contribution in [0.15, 0.2) is 42.7 Å². The summed E-state index contributed by atoms with van der Waals surface area (Å²) in [5, 5.41) is 0. The van der Waals surface area contributed by atoms with Crippen LogP contribution in [0.5, 0.6) is 0 Å². The Kier molecular flexibility index (Phi) is 3.14.